The van der Waals surface area contributed by atoms with Crippen LogP contribution >= 0.6 is 0 Å². The molecule has 23 heavy (non-hydrogen) atoms. The average molecular weight is 315 g/mol. The number of hydrogen-bond acceptors (Lipinski definition) is 3. The molecule has 0 fully saturated rings. The van der Waals surface area contributed by atoms with Crippen molar-refractivity contribution in [2.45, 2.75) is 13.0 Å². The lowest BCUT2D eigenvalue weighted by molar-refractivity contribution is 0.140. The number of hydrogen-bond donors (Lipinski definition) is 2. The van der Waals surface area contributed by atoms with E-state index in [0.717, 1.165) is 5.56 Å². The first-order valence-electron chi connectivity index (χ1n) is 7.25. The van der Waals surface area contributed by atoms with E-state index in [1.165, 1.54) is 12.1 Å². The van der Waals surface area contributed by atoms with E-state index in [2.05, 4.69) is 5.32 Å². The Hall–Kier alpha value is -2.82. The second kappa shape index (κ2) is 8.58. The van der Waals surface area contributed by atoms with Gasteiger partial charge in [-0.2, -0.15) is 0 Å². The topological polar surface area (TPSA) is 58.6 Å². The van der Waals surface area contributed by atoms with Crippen LogP contribution < -0.4 is 5.32 Å². The van der Waals surface area contributed by atoms with Crippen molar-refractivity contribution in [3.63, 3.8) is 0 Å². The van der Waals surface area contributed by atoms with Crippen molar-refractivity contribution in [3.05, 3.63) is 71.6 Å². The third-order valence-corrected chi connectivity index (χ3v) is 3.08. The van der Waals surface area contributed by atoms with E-state index in [9.17, 15) is 9.18 Å². The first-order valence-corrected chi connectivity index (χ1v) is 7.25. The Morgan fingerprint density at radius 3 is 2.74 bits per heavy atom. The minimum atomic E-state index is -0.658. The van der Waals surface area contributed by atoms with E-state index in [0.29, 0.717) is 18.5 Å². The van der Waals surface area contributed by atoms with Gasteiger partial charge in [0.1, 0.15) is 6.61 Å². The standard InChI is InChI=1S/C18H18FNO3/c19-16-12-14(9-10-17(16)21)6-4-5-11-20-18(22)23-13-15-7-2-1-3-8-15/h1-4,6-10,12,21H,5,11,13H2,(H,20,22). The highest BCUT2D eigenvalue weighted by molar-refractivity contribution is 5.67. The quantitative estimate of drug-likeness (QED) is 0.796. The van der Waals surface area contributed by atoms with Crippen LogP contribution in [0.4, 0.5) is 9.18 Å². The molecule has 0 saturated carbocycles. The summed E-state index contributed by atoms with van der Waals surface area (Å²) in [6, 6.07) is 13.6. The Bertz CT molecular complexity index is 671. The molecule has 0 aliphatic heterocycles. The number of carbonyl (C=O) groups is 1. The summed E-state index contributed by atoms with van der Waals surface area (Å²) in [5, 5.41) is 11.7. The van der Waals surface area contributed by atoms with Crippen LogP contribution in [0.3, 0.4) is 0 Å². The number of aromatic hydroxyl groups is 1. The van der Waals surface area contributed by atoms with Gasteiger partial charge >= 0.3 is 6.09 Å². The van der Waals surface area contributed by atoms with Gasteiger partial charge in [0.25, 0.3) is 0 Å². The third kappa shape index (κ3) is 5.82. The number of ether oxygens (including phenoxy) is 1. The predicted octanol–water partition coefficient (Wildman–Crippen LogP) is 3.86. The maximum Gasteiger partial charge on any atom is 0.407 e. The second-order valence-electron chi connectivity index (χ2n) is 4.89. The zero-order chi connectivity index (χ0) is 16.5. The summed E-state index contributed by atoms with van der Waals surface area (Å²) in [6.07, 6.45) is 3.64. The fourth-order valence-electron chi connectivity index (χ4n) is 1.88. The van der Waals surface area contributed by atoms with Crippen LogP contribution in [0.5, 0.6) is 5.75 Å². The third-order valence-electron chi connectivity index (χ3n) is 3.08. The first-order chi connectivity index (χ1) is 11.1. The van der Waals surface area contributed by atoms with Gasteiger partial charge in [-0.25, -0.2) is 9.18 Å². The monoisotopic (exact) mass is 315 g/mol. The van der Waals surface area contributed by atoms with Gasteiger partial charge in [0, 0.05) is 6.54 Å². The number of rotatable bonds is 6. The molecule has 0 aliphatic carbocycles. The average Bonchev–Trinajstić information content (AvgIpc) is 2.57. The van der Waals surface area contributed by atoms with Crippen LogP contribution in [0.25, 0.3) is 6.08 Å². The predicted molar refractivity (Wildman–Crippen MR) is 86.3 cm³/mol. The van der Waals surface area contributed by atoms with Gasteiger partial charge in [0.15, 0.2) is 11.6 Å². The molecule has 0 aliphatic rings. The number of halogens is 1. The van der Waals surface area contributed by atoms with Crippen LogP contribution in [-0.2, 0) is 11.3 Å². The van der Waals surface area contributed by atoms with Gasteiger partial charge in [-0.3, -0.25) is 0 Å². The van der Waals surface area contributed by atoms with Crippen molar-refractivity contribution >= 4 is 12.2 Å². The zero-order valence-corrected chi connectivity index (χ0v) is 12.5. The van der Waals surface area contributed by atoms with Crippen LogP contribution in [0.15, 0.2) is 54.6 Å². The lowest BCUT2D eigenvalue weighted by Gasteiger charge is -2.05. The zero-order valence-electron chi connectivity index (χ0n) is 12.5. The first kappa shape index (κ1) is 16.5. The van der Waals surface area contributed by atoms with Gasteiger partial charge in [0.05, 0.1) is 0 Å². The van der Waals surface area contributed by atoms with Gasteiger partial charge < -0.3 is 15.2 Å². The molecule has 0 spiro atoms. The number of phenols is 1. The molecule has 0 saturated heterocycles. The molecular formula is C18H18FNO3. The minimum Gasteiger partial charge on any atom is -0.505 e. The summed E-state index contributed by atoms with van der Waals surface area (Å²) < 4.78 is 18.2. The van der Waals surface area contributed by atoms with Gasteiger partial charge in [-0.1, -0.05) is 48.6 Å². The van der Waals surface area contributed by atoms with Gasteiger partial charge in [-0.15, -0.1) is 0 Å². The molecule has 1 amide bonds. The Morgan fingerprint density at radius 2 is 2.00 bits per heavy atom. The summed E-state index contributed by atoms with van der Waals surface area (Å²) in [5.41, 5.74) is 1.57. The number of carbonyl (C=O) groups excluding carboxylic acids is 1. The molecule has 2 N–H and O–H groups in total. The number of alkyl carbamates (subject to hydrolysis) is 1. The van der Waals surface area contributed by atoms with Crippen molar-refractivity contribution < 1.29 is 19.0 Å². The normalized spacial score (nSPS) is 10.7. The second-order valence-corrected chi connectivity index (χ2v) is 4.89. The smallest absolute Gasteiger partial charge is 0.407 e. The molecule has 0 bridgehead atoms. The molecule has 0 atom stereocenters. The molecular weight excluding hydrogens is 297 g/mol. The van der Waals surface area contributed by atoms with E-state index in [1.807, 2.05) is 36.4 Å². The van der Waals surface area contributed by atoms with Crippen LogP contribution in [0, 0.1) is 5.82 Å². The Labute approximate surface area is 134 Å². The van der Waals surface area contributed by atoms with Crippen LogP contribution in [0.2, 0.25) is 0 Å². The summed E-state index contributed by atoms with van der Waals surface area (Å²) in [6.45, 7) is 0.653. The lowest BCUT2D eigenvalue weighted by Crippen LogP contribution is -2.24. The summed E-state index contributed by atoms with van der Waals surface area (Å²) in [7, 11) is 0. The summed E-state index contributed by atoms with van der Waals surface area (Å²) >= 11 is 0. The van der Waals surface area contributed by atoms with Crippen molar-refractivity contribution in [3.8, 4) is 5.75 Å². The van der Waals surface area contributed by atoms with Crippen LogP contribution in [-0.4, -0.2) is 17.7 Å². The molecule has 2 aromatic rings. The SMILES string of the molecule is O=C(NCCC=Cc1ccc(O)c(F)c1)OCc1ccccc1. The van der Waals surface area contributed by atoms with E-state index >= 15 is 0 Å². The number of amides is 1. The minimum absolute atomic E-state index is 0.231. The maximum absolute atomic E-state index is 13.1. The van der Waals surface area contributed by atoms with E-state index in [-0.39, 0.29) is 12.4 Å². The van der Waals surface area contributed by atoms with Gasteiger partial charge in [0.2, 0.25) is 0 Å². The molecule has 5 heteroatoms. The molecule has 0 heterocycles. The highest BCUT2D eigenvalue weighted by atomic mass is 19.1. The molecule has 4 nitrogen and oxygen atoms in total. The Kier molecular flexibility index (Phi) is 6.17. The fourth-order valence-corrected chi connectivity index (χ4v) is 1.88. The lowest BCUT2D eigenvalue weighted by atomic mass is 10.2. The Balaban J connectivity index is 1.65. The van der Waals surface area contributed by atoms with Crippen molar-refractivity contribution in [1.29, 1.82) is 0 Å². The molecule has 0 unspecified atom stereocenters. The number of phenolic OH excluding ortho intramolecular Hbond substituents is 1. The largest absolute Gasteiger partial charge is 0.505 e. The fraction of sp³-hybridized carbons (Fsp3) is 0.167. The number of nitrogens with one attached hydrogen (secondary N) is 1. The highest BCUT2D eigenvalue weighted by Gasteiger charge is 2.01. The maximum atomic E-state index is 13.1. The summed E-state index contributed by atoms with van der Waals surface area (Å²) in [4.78, 5) is 11.5. The molecule has 2 aromatic carbocycles. The molecule has 2 rings (SSSR count). The number of benzene rings is 2. The summed E-state index contributed by atoms with van der Waals surface area (Å²) in [5.74, 6) is -1.03. The van der Waals surface area contributed by atoms with Crippen molar-refractivity contribution in [2.75, 3.05) is 6.54 Å². The molecule has 120 valence electrons. The van der Waals surface area contributed by atoms with E-state index in [4.69, 9.17) is 9.84 Å². The molecule has 0 radical (unpaired) electrons. The van der Waals surface area contributed by atoms with Crippen molar-refractivity contribution in [1.82, 2.24) is 5.32 Å². The van der Waals surface area contributed by atoms with Crippen LogP contribution in [0.1, 0.15) is 17.5 Å². The van der Waals surface area contributed by atoms with Gasteiger partial charge in [-0.05, 0) is 29.7 Å². The highest BCUT2D eigenvalue weighted by Crippen LogP contribution is 2.16. The van der Waals surface area contributed by atoms with E-state index < -0.39 is 11.9 Å². The Morgan fingerprint density at radius 1 is 1.22 bits per heavy atom. The van der Waals surface area contributed by atoms with Crippen molar-refractivity contribution in [2.24, 2.45) is 0 Å². The molecule has 0 aromatic heterocycles. The van der Waals surface area contributed by atoms with E-state index in [1.54, 1.807) is 12.1 Å².